The second-order valence-electron chi connectivity index (χ2n) is 5.92. The van der Waals surface area contributed by atoms with E-state index in [0.29, 0.717) is 17.7 Å². The van der Waals surface area contributed by atoms with E-state index in [4.69, 9.17) is 0 Å². The number of amides is 2. The molecule has 6 nitrogen and oxygen atoms in total. The Hall–Kier alpha value is -3.33. The Morgan fingerprint density at radius 2 is 1.89 bits per heavy atom. The van der Waals surface area contributed by atoms with Crippen LogP contribution in [0.5, 0.6) is 5.75 Å². The average Bonchev–Trinajstić information content (AvgIpc) is 3.06. The average molecular weight is 403 g/mol. The van der Waals surface area contributed by atoms with E-state index in [1.165, 1.54) is 48.7 Å². The lowest BCUT2D eigenvalue weighted by Gasteiger charge is -2.07. The van der Waals surface area contributed by atoms with Crippen molar-refractivity contribution in [3.63, 3.8) is 0 Å². The van der Waals surface area contributed by atoms with Gasteiger partial charge >= 0.3 is 0 Å². The quantitative estimate of drug-likeness (QED) is 0.563. The molecule has 0 unspecified atom stereocenters. The molecule has 2 amide bonds. The van der Waals surface area contributed by atoms with Crippen molar-refractivity contribution in [3.8, 4) is 5.75 Å². The smallest absolute Gasteiger partial charge is 0.261 e. The molecule has 0 radical (unpaired) electrons. The molecule has 144 valence electrons. The van der Waals surface area contributed by atoms with Gasteiger partial charge < -0.3 is 10.4 Å². The molecule has 0 aliphatic rings. The van der Waals surface area contributed by atoms with Gasteiger partial charge in [0.1, 0.15) is 5.75 Å². The van der Waals surface area contributed by atoms with Gasteiger partial charge in [-0.1, -0.05) is 6.07 Å². The normalized spacial score (nSPS) is 10.5. The number of aromatic hydroxyl groups is 1. The summed E-state index contributed by atoms with van der Waals surface area (Å²) in [6.45, 7) is 1.33. The van der Waals surface area contributed by atoms with Crippen LogP contribution in [0.1, 0.15) is 27.7 Å². The molecule has 9 heteroatoms. The van der Waals surface area contributed by atoms with E-state index in [1.54, 1.807) is 0 Å². The molecule has 0 aliphatic carbocycles. The van der Waals surface area contributed by atoms with Gasteiger partial charge in [0.25, 0.3) is 5.91 Å². The van der Waals surface area contributed by atoms with Crippen LogP contribution in [0.15, 0.2) is 42.6 Å². The number of aromatic nitrogens is 1. The number of carbonyl (C=O) groups excluding carboxylic acids is 2. The summed E-state index contributed by atoms with van der Waals surface area (Å²) in [6.07, 6.45) is 1.85. The fourth-order valence-corrected chi connectivity index (χ4v) is 3.30. The van der Waals surface area contributed by atoms with E-state index in [2.05, 4.69) is 15.6 Å². The number of hydrogen-bond donors (Lipinski definition) is 3. The van der Waals surface area contributed by atoms with Crippen molar-refractivity contribution in [3.05, 3.63) is 70.2 Å². The predicted octanol–water partition coefficient (Wildman–Crippen LogP) is 3.93. The van der Waals surface area contributed by atoms with Crippen molar-refractivity contribution in [2.75, 3.05) is 10.6 Å². The van der Waals surface area contributed by atoms with Gasteiger partial charge in [-0.25, -0.2) is 13.8 Å². The number of benzene rings is 2. The molecule has 0 bridgehead atoms. The number of phenolic OH excluding ortho intramolecular Hbond substituents is 1. The van der Waals surface area contributed by atoms with Crippen LogP contribution in [0.3, 0.4) is 0 Å². The number of halogens is 2. The van der Waals surface area contributed by atoms with Gasteiger partial charge in [-0.3, -0.25) is 14.9 Å². The Kier molecular flexibility index (Phi) is 5.65. The molecule has 0 aliphatic heterocycles. The molecule has 3 aromatic rings. The highest BCUT2D eigenvalue weighted by molar-refractivity contribution is 7.15. The zero-order valence-electron chi connectivity index (χ0n) is 14.6. The Balaban J connectivity index is 1.71. The first-order chi connectivity index (χ1) is 13.3. The standard InChI is InChI=1S/C19H15F2N3O3S/c1-10(25)23-12-3-5-17(26)14(8-12)18(27)24-19-22-9-13(28-19)6-11-2-4-15(20)16(21)7-11/h2-5,7-9,26H,6H2,1H3,(H,23,25)(H,22,24,27). The first-order valence-corrected chi connectivity index (χ1v) is 8.94. The van der Waals surface area contributed by atoms with Gasteiger partial charge in [-0.05, 0) is 35.9 Å². The van der Waals surface area contributed by atoms with Crippen LogP contribution in [0, 0.1) is 11.6 Å². The van der Waals surface area contributed by atoms with Gasteiger partial charge in [0.2, 0.25) is 5.91 Å². The monoisotopic (exact) mass is 403 g/mol. The number of thiazole rings is 1. The van der Waals surface area contributed by atoms with E-state index < -0.39 is 17.5 Å². The minimum absolute atomic E-state index is 0.0244. The predicted molar refractivity (Wildman–Crippen MR) is 102 cm³/mol. The summed E-state index contributed by atoms with van der Waals surface area (Å²) in [5.41, 5.74) is 0.915. The first kappa shape index (κ1) is 19.4. The highest BCUT2D eigenvalue weighted by Crippen LogP contribution is 2.25. The largest absolute Gasteiger partial charge is 0.507 e. The minimum Gasteiger partial charge on any atom is -0.507 e. The van der Waals surface area contributed by atoms with Crippen molar-refractivity contribution >= 4 is 34.0 Å². The lowest BCUT2D eigenvalue weighted by atomic mass is 10.1. The van der Waals surface area contributed by atoms with Crippen molar-refractivity contribution in [2.24, 2.45) is 0 Å². The molecule has 0 saturated carbocycles. The molecule has 0 atom stereocenters. The summed E-state index contributed by atoms with van der Waals surface area (Å²) in [6, 6.07) is 7.76. The molecule has 1 heterocycles. The number of hydrogen-bond acceptors (Lipinski definition) is 5. The molecule has 3 N–H and O–H groups in total. The van der Waals surface area contributed by atoms with Crippen LogP contribution in [0.4, 0.5) is 19.6 Å². The van der Waals surface area contributed by atoms with Crippen molar-refractivity contribution < 1.29 is 23.5 Å². The van der Waals surface area contributed by atoms with E-state index in [0.717, 1.165) is 17.0 Å². The summed E-state index contributed by atoms with van der Waals surface area (Å²) in [7, 11) is 0. The number of carbonyl (C=O) groups is 2. The molecule has 0 saturated heterocycles. The van der Waals surface area contributed by atoms with Crippen LogP contribution < -0.4 is 10.6 Å². The molecule has 1 aromatic heterocycles. The Bertz CT molecular complexity index is 1050. The van der Waals surface area contributed by atoms with Gasteiger partial charge in [-0.15, -0.1) is 11.3 Å². The highest BCUT2D eigenvalue weighted by Gasteiger charge is 2.15. The summed E-state index contributed by atoms with van der Waals surface area (Å²) >= 11 is 1.17. The zero-order chi connectivity index (χ0) is 20.3. The SMILES string of the molecule is CC(=O)Nc1ccc(O)c(C(=O)Nc2ncc(Cc3ccc(F)c(F)c3)s2)c1. The van der Waals surface area contributed by atoms with Gasteiger partial charge in [0.05, 0.1) is 5.56 Å². The first-order valence-electron chi connectivity index (χ1n) is 8.12. The lowest BCUT2D eigenvalue weighted by molar-refractivity contribution is -0.114. The second-order valence-corrected chi connectivity index (χ2v) is 7.04. The lowest BCUT2D eigenvalue weighted by Crippen LogP contribution is -2.13. The van der Waals surface area contributed by atoms with E-state index in [9.17, 15) is 23.5 Å². The number of nitrogens with one attached hydrogen (secondary N) is 2. The number of rotatable bonds is 5. The van der Waals surface area contributed by atoms with Crippen LogP contribution in [0.2, 0.25) is 0 Å². The molecule has 0 spiro atoms. The summed E-state index contributed by atoms with van der Waals surface area (Å²) in [4.78, 5) is 28.4. The third-order valence-corrected chi connectivity index (χ3v) is 4.61. The Morgan fingerprint density at radius 3 is 2.61 bits per heavy atom. The van der Waals surface area contributed by atoms with Crippen LogP contribution in [-0.2, 0) is 11.2 Å². The summed E-state index contributed by atoms with van der Waals surface area (Å²) in [5.74, 6) is -2.99. The summed E-state index contributed by atoms with van der Waals surface area (Å²) < 4.78 is 26.3. The van der Waals surface area contributed by atoms with Gasteiger partial charge in [0.15, 0.2) is 16.8 Å². The fourth-order valence-electron chi connectivity index (χ4n) is 2.46. The Labute approximate surface area is 162 Å². The molecule has 3 rings (SSSR count). The van der Waals surface area contributed by atoms with Crippen molar-refractivity contribution in [1.82, 2.24) is 4.98 Å². The van der Waals surface area contributed by atoms with Crippen molar-refractivity contribution in [2.45, 2.75) is 13.3 Å². The number of nitrogens with zero attached hydrogens (tertiary/aromatic N) is 1. The van der Waals surface area contributed by atoms with Crippen LogP contribution >= 0.6 is 11.3 Å². The maximum Gasteiger partial charge on any atom is 0.261 e. The van der Waals surface area contributed by atoms with E-state index in [1.807, 2.05) is 0 Å². The highest BCUT2D eigenvalue weighted by atomic mass is 32.1. The molecular weight excluding hydrogens is 388 g/mol. The molecule has 0 fully saturated rings. The van der Waals surface area contributed by atoms with E-state index >= 15 is 0 Å². The third-order valence-electron chi connectivity index (χ3n) is 3.70. The Morgan fingerprint density at radius 1 is 1.11 bits per heavy atom. The zero-order valence-corrected chi connectivity index (χ0v) is 15.4. The third kappa shape index (κ3) is 4.68. The number of anilines is 2. The van der Waals surface area contributed by atoms with Gasteiger partial charge in [-0.2, -0.15) is 0 Å². The number of phenols is 1. The summed E-state index contributed by atoms with van der Waals surface area (Å²) in [5, 5.41) is 15.3. The molecular formula is C19H15F2N3O3S. The minimum atomic E-state index is -0.926. The van der Waals surface area contributed by atoms with Crippen molar-refractivity contribution in [1.29, 1.82) is 0 Å². The van der Waals surface area contributed by atoms with Crippen LogP contribution in [0.25, 0.3) is 0 Å². The molecule has 28 heavy (non-hydrogen) atoms. The maximum absolute atomic E-state index is 13.3. The van der Waals surface area contributed by atoms with E-state index in [-0.39, 0.29) is 22.4 Å². The molecule has 2 aromatic carbocycles. The van der Waals surface area contributed by atoms with Crippen LogP contribution in [-0.4, -0.2) is 21.9 Å². The van der Waals surface area contributed by atoms with Gasteiger partial charge in [0, 0.05) is 30.1 Å². The topological polar surface area (TPSA) is 91.3 Å². The maximum atomic E-state index is 13.3. The second kappa shape index (κ2) is 8.13. The fraction of sp³-hybridized carbons (Fsp3) is 0.105.